The van der Waals surface area contributed by atoms with Gasteiger partial charge in [0.05, 0.1) is 16.8 Å². The molecule has 0 atom stereocenters. The quantitative estimate of drug-likeness (QED) is 0.208. The van der Waals surface area contributed by atoms with Gasteiger partial charge in [0.25, 0.3) is 0 Å². The van der Waals surface area contributed by atoms with Crippen LogP contribution in [0.3, 0.4) is 0 Å². The van der Waals surface area contributed by atoms with Gasteiger partial charge in [-0.05, 0) is 38.0 Å². The molecule has 0 spiro atoms. The van der Waals surface area contributed by atoms with Crippen molar-refractivity contribution in [3.63, 3.8) is 0 Å². The first-order valence-electron chi connectivity index (χ1n) is 9.64. The first-order chi connectivity index (χ1) is 15.2. The van der Waals surface area contributed by atoms with Crippen molar-refractivity contribution in [1.29, 1.82) is 0 Å². The number of alkyl halides is 3. The zero-order valence-electron chi connectivity index (χ0n) is 16.8. The number of anilines is 1. The van der Waals surface area contributed by atoms with Gasteiger partial charge in [-0.25, -0.2) is 13.9 Å². The molecule has 0 amide bonds. The summed E-state index contributed by atoms with van der Waals surface area (Å²) >= 11 is 0. The monoisotopic (exact) mass is 443 g/mol. The lowest BCUT2D eigenvalue weighted by atomic mass is 10.1. The molecule has 6 nitrogen and oxygen atoms in total. The Morgan fingerprint density at radius 1 is 1.34 bits per heavy atom. The van der Waals surface area contributed by atoms with E-state index < -0.39 is 17.6 Å². The van der Waals surface area contributed by atoms with E-state index in [1.807, 2.05) is 0 Å². The molecule has 1 aliphatic carbocycles. The van der Waals surface area contributed by atoms with E-state index in [9.17, 15) is 22.8 Å². The average molecular weight is 443 g/mol. The van der Waals surface area contributed by atoms with Crippen molar-refractivity contribution in [2.24, 2.45) is 0 Å². The lowest BCUT2D eigenvalue weighted by Gasteiger charge is -2.08. The van der Waals surface area contributed by atoms with Gasteiger partial charge in [0.15, 0.2) is 5.82 Å². The SMILES string of the molecule is C#CC(=CC=C(C)Nc1c[n+]([O-])cc(-c2c(C3CC3)nn3ccc(F)cc23)n1)C(F)(F)F. The van der Waals surface area contributed by atoms with E-state index in [0.29, 0.717) is 15.8 Å². The molecule has 3 aromatic rings. The molecule has 3 heterocycles. The van der Waals surface area contributed by atoms with Gasteiger partial charge in [0.2, 0.25) is 12.4 Å². The highest BCUT2D eigenvalue weighted by Crippen LogP contribution is 2.44. The molecule has 0 saturated heterocycles. The minimum Gasteiger partial charge on any atom is -0.619 e. The van der Waals surface area contributed by atoms with Gasteiger partial charge >= 0.3 is 6.18 Å². The van der Waals surface area contributed by atoms with Crippen molar-refractivity contribution >= 4 is 11.3 Å². The Kier molecular flexibility index (Phi) is 5.34. The van der Waals surface area contributed by atoms with E-state index in [1.54, 1.807) is 5.92 Å². The summed E-state index contributed by atoms with van der Waals surface area (Å²) in [6.07, 6.45) is 7.92. The first-order valence-corrected chi connectivity index (χ1v) is 9.64. The summed E-state index contributed by atoms with van der Waals surface area (Å²) in [6.45, 7) is 1.50. The Balaban J connectivity index is 1.73. The van der Waals surface area contributed by atoms with Crippen LogP contribution >= 0.6 is 0 Å². The van der Waals surface area contributed by atoms with E-state index in [2.05, 4.69) is 15.4 Å². The van der Waals surface area contributed by atoms with E-state index in [4.69, 9.17) is 6.42 Å². The summed E-state index contributed by atoms with van der Waals surface area (Å²) < 4.78 is 54.3. The second kappa shape index (κ2) is 8.00. The van der Waals surface area contributed by atoms with E-state index in [-0.39, 0.29) is 23.1 Å². The van der Waals surface area contributed by atoms with Gasteiger partial charge in [-0.1, -0.05) is 5.92 Å². The molecule has 1 fully saturated rings. The smallest absolute Gasteiger partial charge is 0.424 e. The number of allylic oxidation sites excluding steroid dienone is 4. The maximum Gasteiger partial charge on any atom is 0.424 e. The number of hydrogen-bond donors (Lipinski definition) is 1. The third-order valence-corrected chi connectivity index (χ3v) is 4.87. The van der Waals surface area contributed by atoms with Gasteiger partial charge in [-0.3, -0.25) is 0 Å². The topological polar surface area (TPSA) is 69.2 Å². The van der Waals surface area contributed by atoms with Crippen LogP contribution < -0.4 is 10.0 Å². The molecule has 0 aliphatic heterocycles. The summed E-state index contributed by atoms with van der Waals surface area (Å²) in [4.78, 5) is 4.43. The summed E-state index contributed by atoms with van der Waals surface area (Å²) in [6, 6.07) is 2.60. The molecule has 0 bridgehead atoms. The van der Waals surface area contributed by atoms with E-state index in [0.717, 1.165) is 36.9 Å². The predicted molar refractivity (Wildman–Crippen MR) is 110 cm³/mol. The standard InChI is InChI=1S/C22H17F4N5O/c1-3-15(22(24,25)26)7-4-13(2)27-19-12-30(32)11-17(28-19)20-18-10-16(23)8-9-31(18)29-21(20)14-5-6-14/h1,4,7-12,14H,5-6H2,2H3,(H,27,28). The van der Waals surface area contributed by atoms with Gasteiger partial charge in [0, 0.05) is 23.9 Å². The molecular weight excluding hydrogens is 426 g/mol. The number of nitrogens with one attached hydrogen (secondary N) is 1. The summed E-state index contributed by atoms with van der Waals surface area (Å²) in [7, 11) is 0. The molecule has 4 rings (SSSR count). The number of hydrogen-bond acceptors (Lipinski definition) is 4. The van der Waals surface area contributed by atoms with Crippen molar-refractivity contribution in [3.05, 3.63) is 70.9 Å². The number of halogens is 4. The van der Waals surface area contributed by atoms with Crippen LogP contribution in [0.1, 0.15) is 31.4 Å². The Morgan fingerprint density at radius 2 is 2.09 bits per heavy atom. The van der Waals surface area contributed by atoms with Crippen molar-refractivity contribution in [2.45, 2.75) is 31.9 Å². The lowest BCUT2D eigenvalue weighted by molar-refractivity contribution is -0.604. The fourth-order valence-electron chi connectivity index (χ4n) is 3.27. The van der Waals surface area contributed by atoms with Crippen LogP contribution in [0.15, 0.2) is 54.1 Å². The largest absolute Gasteiger partial charge is 0.619 e. The summed E-state index contributed by atoms with van der Waals surface area (Å²) in [5, 5.41) is 19.6. The molecule has 0 radical (unpaired) electrons. The zero-order valence-corrected chi connectivity index (χ0v) is 16.8. The average Bonchev–Trinajstić information content (AvgIpc) is 3.47. The third-order valence-electron chi connectivity index (χ3n) is 4.87. The van der Waals surface area contributed by atoms with Gasteiger partial charge in [0.1, 0.15) is 17.1 Å². The minimum absolute atomic E-state index is 0.103. The van der Waals surface area contributed by atoms with Crippen molar-refractivity contribution in [1.82, 2.24) is 14.6 Å². The molecule has 1 saturated carbocycles. The number of terminal acetylenes is 1. The zero-order chi connectivity index (χ0) is 23.0. The molecule has 0 aromatic carbocycles. The Bertz CT molecular complexity index is 1300. The summed E-state index contributed by atoms with van der Waals surface area (Å²) in [5.74, 6) is 1.44. The highest BCUT2D eigenvalue weighted by Gasteiger charge is 2.33. The van der Waals surface area contributed by atoms with Crippen molar-refractivity contribution < 1.29 is 22.3 Å². The van der Waals surface area contributed by atoms with Gasteiger partial charge in [-0.2, -0.15) is 23.0 Å². The van der Waals surface area contributed by atoms with Crippen LogP contribution in [0.4, 0.5) is 23.4 Å². The van der Waals surface area contributed by atoms with Crippen LogP contribution in [-0.4, -0.2) is 20.8 Å². The molecule has 10 heteroatoms. The number of pyridine rings is 1. The van der Waals surface area contributed by atoms with Crippen LogP contribution in [0, 0.1) is 23.4 Å². The molecule has 3 aromatic heterocycles. The number of rotatable bonds is 5. The lowest BCUT2D eigenvalue weighted by Crippen LogP contribution is -2.26. The minimum atomic E-state index is -4.64. The molecule has 1 aliphatic rings. The van der Waals surface area contributed by atoms with E-state index in [1.165, 1.54) is 36.0 Å². The predicted octanol–water partition coefficient (Wildman–Crippen LogP) is 4.48. The van der Waals surface area contributed by atoms with Crippen LogP contribution in [0.5, 0.6) is 0 Å². The second-order valence-electron chi connectivity index (χ2n) is 7.41. The molecule has 32 heavy (non-hydrogen) atoms. The molecular formula is C22H17F4N5O. The Labute approximate surface area is 180 Å². The highest BCUT2D eigenvalue weighted by atomic mass is 19.4. The normalized spacial score (nSPS) is 15.1. The van der Waals surface area contributed by atoms with Crippen LogP contribution in [0.25, 0.3) is 16.8 Å². The second-order valence-corrected chi connectivity index (χ2v) is 7.41. The molecule has 164 valence electrons. The Morgan fingerprint density at radius 3 is 2.75 bits per heavy atom. The number of nitrogens with zero attached hydrogens (tertiary/aromatic N) is 4. The first kappa shape index (κ1) is 21.4. The van der Waals surface area contributed by atoms with Crippen LogP contribution in [-0.2, 0) is 0 Å². The van der Waals surface area contributed by atoms with Crippen molar-refractivity contribution in [2.75, 3.05) is 5.32 Å². The van der Waals surface area contributed by atoms with Crippen LogP contribution in [0.2, 0.25) is 0 Å². The maximum absolute atomic E-state index is 13.9. The number of aromatic nitrogens is 4. The maximum atomic E-state index is 13.9. The van der Waals surface area contributed by atoms with Crippen molar-refractivity contribution in [3.8, 4) is 23.6 Å². The fraction of sp³-hybridized carbons (Fsp3) is 0.227. The number of fused-ring (bicyclic) bond motifs is 1. The van der Waals surface area contributed by atoms with Gasteiger partial charge < -0.3 is 10.5 Å². The van der Waals surface area contributed by atoms with Gasteiger partial charge in [-0.15, -0.1) is 6.42 Å². The molecule has 1 N–H and O–H groups in total. The highest BCUT2D eigenvalue weighted by molar-refractivity contribution is 5.81. The molecule has 0 unspecified atom stereocenters. The summed E-state index contributed by atoms with van der Waals surface area (Å²) in [5.41, 5.74) is 1.15. The fourth-order valence-corrected chi connectivity index (χ4v) is 3.27. The third kappa shape index (κ3) is 4.42. The Hall–Kier alpha value is -3.87. The van der Waals surface area contributed by atoms with E-state index >= 15 is 0 Å².